The fourth-order valence-corrected chi connectivity index (χ4v) is 3.33. The summed E-state index contributed by atoms with van der Waals surface area (Å²) in [7, 11) is 0. The van der Waals surface area contributed by atoms with E-state index >= 15 is 0 Å². The average Bonchev–Trinajstić information content (AvgIpc) is 2.97. The predicted molar refractivity (Wildman–Crippen MR) is 103 cm³/mol. The van der Waals surface area contributed by atoms with Gasteiger partial charge in [0.1, 0.15) is 16.1 Å². The van der Waals surface area contributed by atoms with Gasteiger partial charge in [0, 0.05) is 23.5 Å². The Balaban J connectivity index is 2.11. The molecule has 136 valence electrons. The molecule has 6 nitrogen and oxygen atoms in total. The van der Waals surface area contributed by atoms with E-state index in [2.05, 4.69) is 21.5 Å². The molecule has 2 aromatic heterocycles. The second-order valence-corrected chi connectivity index (χ2v) is 6.50. The predicted octanol–water partition coefficient (Wildman–Crippen LogP) is 3.79. The maximum Gasteiger partial charge on any atom is 0.297 e. The third kappa shape index (κ3) is 3.67. The van der Waals surface area contributed by atoms with Gasteiger partial charge in [-0.3, -0.25) is 9.69 Å². The highest BCUT2D eigenvalue weighted by Crippen LogP contribution is 2.28. The van der Waals surface area contributed by atoms with Crippen LogP contribution in [0, 0.1) is 0 Å². The summed E-state index contributed by atoms with van der Waals surface area (Å²) in [4.78, 5) is 22.4. The number of aliphatic hydroxyl groups excluding tert-OH is 1. The van der Waals surface area contributed by atoms with Crippen molar-refractivity contribution in [3.05, 3.63) is 52.5 Å². The van der Waals surface area contributed by atoms with Crippen LogP contribution in [-0.4, -0.2) is 38.7 Å². The van der Waals surface area contributed by atoms with Gasteiger partial charge in [0.25, 0.3) is 5.91 Å². The van der Waals surface area contributed by atoms with E-state index in [1.807, 2.05) is 30.3 Å². The Hall–Kier alpha value is -2.15. The molecule has 1 aromatic carbocycles. The summed E-state index contributed by atoms with van der Waals surface area (Å²) < 4.78 is 2.05. The molecule has 0 aliphatic heterocycles. The Labute approximate surface area is 161 Å². The quantitative estimate of drug-likeness (QED) is 0.647. The van der Waals surface area contributed by atoms with E-state index in [1.165, 1.54) is 11.0 Å². The fraction of sp³-hybridized carbons (Fsp3) is 0.278. The summed E-state index contributed by atoms with van der Waals surface area (Å²) in [5.74, 6) is 0.0969. The molecule has 8 heteroatoms. The van der Waals surface area contributed by atoms with Gasteiger partial charge >= 0.3 is 0 Å². The number of amides is 1. The first-order valence-corrected chi connectivity index (χ1v) is 9.01. The molecule has 0 radical (unpaired) electrons. The molecule has 0 bridgehead atoms. The zero-order valence-corrected chi connectivity index (χ0v) is 15.7. The molecule has 3 rings (SSSR count). The second-order valence-electron chi connectivity index (χ2n) is 5.73. The lowest BCUT2D eigenvalue weighted by Crippen LogP contribution is -2.36. The largest absolute Gasteiger partial charge is 0.395 e. The number of benzene rings is 1. The van der Waals surface area contributed by atoms with E-state index in [1.54, 1.807) is 0 Å². The molecule has 0 saturated carbocycles. The fourth-order valence-electron chi connectivity index (χ4n) is 2.90. The SMILES string of the molecule is CCCn1c(N(CCO)C(=O)c2nc(Cl)cc(Cl)n2)cc2ccccc21. The Morgan fingerprint density at radius 2 is 1.88 bits per heavy atom. The standard InChI is InChI=1S/C18H18Cl2N4O2/c1-2-7-23-13-6-4-3-5-12(13)10-16(23)24(8-9-25)18(26)17-21-14(19)11-15(20)22-17/h3-6,10-11,25H,2,7-9H2,1H3. The monoisotopic (exact) mass is 392 g/mol. The highest BCUT2D eigenvalue weighted by atomic mass is 35.5. The van der Waals surface area contributed by atoms with Crippen LogP contribution in [0.5, 0.6) is 0 Å². The normalized spacial score (nSPS) is 11.1. The molecule has 0 aliphatic rings. The molecule has 0 aliphatic carbocycles. The van der Waals surface area contributed by atoms with Crippen LogP contribution in [0.2, 0.25) is 10.3 Å². The van der Waals surface area contributed by atoms with E-state index in [9.17, 15) is 9.90 Å². The molecule has 0 fully saturated rings. The second kappa shape index (κ2) is 8.03. The number of para-hydroxylation sites is 1. The lowest BCUT2D eigenvalue weighted by molar-refractivity contribution is 0.0969. The molecule has 0 saturated heterocycles. The molecule has 2 heterocycles. The molecule has 26 heavy (non-hydrogen) atoms. The van der Waals surface area contributed by atoms with Crippen LogP contribution in [0.1, 0.15) is 24.0 Å². The number of fused-ring (bicyclic) bond motifs is 1. The van der Waals surface area contributed by atoms with Gasteiger partial charge < -0.3 is 9.67 Å². The van der Waals surface area contributed by atoms with Gasteiger partial charge in [-0.05, 0) is 18.6 Å². The van der Waals surface area contributed by atoms with Crippen LogP contribution in [0.25, 0.3) is 10.9 Å². The Kier molecular flexibility index (Phi) is 5.76. The first-order valence-electron chi connectivity index (χ1n) is 8.26. The minimum atomic E-state index is -0.469. The van der Waals surface area contributed by atoms with Gasteiger partial charge in [-0.25, -0.2) is 9.97 Å². The van der Waals surface area contributed by atoms with Gasteiger partial charge in [-0.15, -0.1) is 0 Å². The lowest BCUT2D eigenvalue weighted by Gasteiger charge is -2.23. The third-order valence-electron chi connectivity index (χ3n) is 3.94. The number of aromatic nitrogens is 3. The van der Waals surface area contributed by atoms with Crippen LogP contribution in [-0.2, 0) is 6.54 Å². The molecule has 0 spiro atoms. The van der Waals surface area contributed by atoms with Gasteiger partial charge in [0.2, 0.25) is 5.82 Å². The van der Waals surface area contributed by atoms with E-state index in [0.29, 0.717) is 5.82 Å². The number of aliphatic hydroxyl groups is 1. The van der Waals surface area contributed by atoms with Crippen molar-refractivity contribution >= 4 is 45.8 Å². The number of hydrogen-bond acceptors (Lipinski definition) is 4. The summed E-state index contributed by atoms with van der Waals surface area (Å²) in [5.41, 5.74) is 1.02. The van der Waals surface area contributed by atoms with Crippen molar-refractivity contribution in [2.75, 3.05) is 18.1 Å². The van der Waals surface area contributed by atoms with E-state index < -0.39 is 5.91 Å². The van der Waals surface area contributed by atoms with Crippen LogP contribution < -0.4 is 4.90 Å². The number of carbonyl (C=O) groups excluding carboxylic acids is 1. The zero-order valence-electron chi connectivity index (χ0n) is 14.2. The molecule has 1 amide bonds. The van der Waals surface area contributed by atoms with Gasteiger partial charge in [0.15, 0.2) is 0 Å². The first-order chi connectivity index (χ1) is 12.5. The topological polar surface area (TPSA) is 71.2 Å². The molecular weight excluding hydrogens is 375 g/mol. The minimum Gasteiger partial charge on any atom is -0.395 e. The van der Waals surface area contributed by atoms with Crippen molar-refractivity contribution < 1.29 is 9.90 Å². The highest BCUT2D eigenvalue weighted by molar-refractivity contribution is 6.33. The zero-order chi connectivity index (χ0) is 18.7. The van der Waals surface area contributed by atoms with Crippen molar-refractivity contribution in [2.24, 2.45) is 0 Å². The Morgan fingerprint density at radius 1 is 1.19 bits per heavy atom. The lowest BCUT2D eigenvalue weighted by atomic mass is 10.2. The molecule has 0 atom stereocenters. The first kappa shape index (κ1) is 18.6. The third-order valence-corrected chi connectivity index (χ3v) is 4.32. The summed E-state index contributed by atoms with van der Waals surface area (Å²) in [6.07, 6.45) is 0.895. The number of nitrogens with zero attached hydrogens (tertiary/aromatic N) is 4. The van der Waals surface area contributed by atoms with Gasteiger partial charge in [-0.1, -0.05) is 48.3 Å². The Morgan fingerprint density at radius 3 is 2.54 bits per heavy atom. The maximum absolute atomic E-state index is 13.0. The van der Waals surface area contributed by atoms with E-state index in [0.717, 1.165) is 23.9 Å². The van der Waals surface area contributed by atoms with Crippen LogP contribution in [0.15, 0.2) is 36.4 Å². The van der Waals surface area contributed by atoms with Crippen molar-refractivity contribution in [3.8, 4) is 0 Å². The minimum absolute atomic E-state index is 0.0893. The summed E-state index contributed by atoms with van der Waals surface area (Å²) in [5, 5.41) is 10.7. The maximum atomic E-state index is 13.0. The Bertz CT molecular complexity index is 922. The summed E-state index contributed by atoms with van der Waals surface area (Å²) in [6, 6.07) is 11.2. The summed E-state index contributed by atoms with van der Waals surface area (Å²) >= 11 is 11.8. The van der Waals surface area contributed by atoms with Crippen molar-refractivity contribution in [3.63, 3.8) is 0 Å². The summed E-state index contributed by atoms with van der Waals surface area (Å²) in [6.45, 7) is 2.70. The molecule has 1 N–H and O–H groups in total. The number of rotatable bonds is 6. The number of aryl methyl sites for hydroxylation is 1. The van der Waals surface area contributed by atoms with Crippen molar-refractivity contribution in [1.29, 1.82) is 0 Å². The number of carbonyl (C=O) groups is 1. The molecular formula is C18H18Cl2N4O2. The van der Waals surface area contributed by atoms with Crippen LogP contribution >= 0.6 is 23.2 Å². The van der Waals surface area contributed by atoms with Crippen LogP contribution in [0.3, 0.4) is 0 Å². The van der Waals surface area contributed by atoms with Crippen molar-refractivity contribution in [2.45, 2.75) is 19.9 Å². The van der Waals surface area contributed by atoms with E-state index in [4.69, 9.17) is 23.2 Å². The number of hydrogen-bond donors (Lipinski definition) is 1. The molecule has 3 aromatic rings. The number of halogens is 2. The highest BCUT2D eigenvalue weighted by Gasteiger charge is 2.24. The van der Waals surface area contributed by atoms with Crippen molar-refractivity contribution in [1.82, 2.24) is 14.5 Å². The molecule has 0 unspecified atom stereocenters. The smallest absolute Gasteiger partial charge is 0.297 e. The average molecular weight is 393 g/mol. The number of anilines is 1. The van der Waals surface area contributed by atoms with Crippen LogP contribution in [0.4, 0.5) is 5.82 Å². The van der Waals surface area contributed by atoms with Gasteiger partial charge in [0.05, 0.1) is 13.2 Å². The van der Waals surface area contributed by atoms with E-state index in [-0.39, 0.29) is 29.3 Å². The van der Waals surface area contributed by atoms with Gasteiger partial charge in [-0.2, -0.15) is 0 Å².